The zero-order chi connectivity index (χ0) is 67.3. The van der Waals surface area contributed by atoms with Crippen LogP contribution in [0, 0.1) is 58.2 Å². The van der Waals surface area contributed by atoms with Crippen molar-refractivity contribution in [1.29, 1.82) is 0 Å². The van der Waals surface area contributed by atoms with Gasteiger partial charge >= 0.3 is 12.2 Å². The molecule has 9 aliphatic rings. The van der Waals surface area contributed by atoms with Gasteiger partial charge in [-0.25, -0.2) is 59.7 Å². The van der Waals surface area contributed by atoms with Crippen molar-refractivity contribution in [3.05, 3.63) is 47.8 Å². The second kappa shape index (κ2) is 27.6. The molecule has 6 heterocycles. The number of hydrogen-bond acceptors (Lipinski definition) is 16. The molecular formula is C70H88F4N8O12V2-2. The Labute approximate surface area is 581 Å². The number of benzene rings is 2. The van der Waals surface area contributed by atoms with Gasteiger partial charge in [0.2, 0.25) is 23.6 Å². The molecule has 5 saturated carbocycles. The summed E-state index contributed by atoms with van der Waals surface area (Å²) in [6.07, 6.45) is 8.81. The van der Waals surface area contributed by atoms with E-state index >= 15 is 17.6 Å². The van der Waals surface area contributed by atoms with Crippen molar-refractivity contribution < 1.29 is 112 Å². The summed E-state index contributed by atoms with van der Waals surface area (Å²) in [5.74, 6) is -10.2. The fourth-order valence-corrected chi connectivity index (χ4v) is 16.7. The van der Waals surface area contributed by atoms with Crippen molar-refractivity contribution in [3.8, 4) is 23.3 Å². The summed E-state index contributed by atoms with van der Waals surface area (Å²) in [7, 11) is 3.05. The Bertz CT molecular complexity index is 3480. The van der Waals surface area contributed by atoms with Crippen LogP contribution in [0.2, 0.25) is 0 Å². The largest absolute Gasteiger partial charge is 0.540 e. The molecule has 2 radical (unpaired) electrons. The van der Waals surface area contributed by atoms with E-state index < -0.39 is 124 Å². The Balaban J connectivity index is 0.000000205. The maximum atomic E-state index is 15.7. The van der Waals surface area contributed by atoms with Crippen LogP contribution < -0.4 is 29.6 Å². The fourth-order valence-electron chi connectivity index (χ4n) is 16.7. The first-order valence-corrected chi connectivity index (χ1v) is 33.7. The third-order valence-electron chi connectivity index (χ3n) is 22.3. The Morgan fingerprint density at radius 3 is 1.50 bits per heavy atom. The molecule has 96 heavy (non-hydrogen) atoms. The van der Waals surface area contributed by atoms with E-state index in [0.29, 0.717) is 96.8 Å². The monoisotopic (exact) mass is 1410 g/mol. The molecule has 2 N–H and O–H groups in total. The van der Waals surface area contributed by atoms with Crippen molar-refractivity contribution in [3.63, 3.8) is 0 Å². The summed E-state index contributed by atoms with van der Waals surface area (Å²) >= 11 is 0. The van der Waals surface area contributed by atoms with Gasteiger partial charge in [0.05, 0.1) is 61.2 Å². The SMILES string of the molecule is CC[C@@H]1[C@@H]2CN(C(=O)[C@H](C(C)(C)C)NC(=O)O[C@@H]3CC4CC4[C@H]3CCCC3C(c4nc5ccc(OC)cc5nc4O2)C3(F)F)[C@@H]1[C-]=O.CC[C@@H]1[C@@H]2CN(C(=O)[C@H](C(C)(C)C)NC(=O)O[C@]3(C)CCC[C@H]3CCCC3C(c4nc5ccc(OC)cc5nc4O2)C3(F)F)[C@@H]1[C-]=O.[V].[V]. The summed E-state index contributed by atoms with van der Waals surface area (Å²) in [5.41, 5.74) is -0.343. The van der Waals surface area contributed by atoms with E-state index in [2.05, 4.69) is 10.6 Å². The average Bonchev–Trinajstić information content (AvgIpc) is 1.56. The molecule has 0 spiro atoms. The molecule has 4 amide bonds. The predicted octanol–water partition coefficient (Wildman–Crippen LogP) is 11.4. The quantitative estimate of drug-likeness (QED) is 0.135. The van der Waals surface area contributed by atoms with Crippen LogP contribution in [0.1, 0.15) is 169 Å². The number of rotatable bonds is 6. The summed E-state index contributed by atoms with van der Waals surface area (Å²) < 4.78 is 98.3. The van der Waals surface area contributed by atoms with Crippen molar-refractivity contribution in [2.75, 3.05) is 27.3 Å². The number of alkyl halides is 4. The van der Waals surface area contributed by atoms with Crippen LogP contribution in [-0.4, -0.2) is 154 Å². The van der Waals surface area contributed by atoms with E-state index in [4.69, 9.17) is 48.4 Å². The van der Waals surface area contributed by atoms with Crippen LogP contribution in [0.25, 0.3) is 22.1 Å². The van der Waals surface area contributed by atoms with Gasteiger partial charge in [0.25, 0.3) is 11.8 Å². The van der Waals surface area contributed by atoms with Crippen molar-refractivity contribution >= 4 is 58.6 Å². The molecule has 2 saturated heterocycles. The third-order valence-corrected chi connectivity index (χ3v) is 22.3. The van der Waals surface area contributed by atoms with Crippen LogP contribution in [0.5, 0.6) is 23.3 Å². The van der Waals surface area contributed by atoms with E-state index in [9.17, 15) is 28.8 Å². The molecule has 4 aromatic rings. The Morgan fingerprint density at radius 2 is 1.05 bits per heavy atom. The van der Waals surface area contributed by atoms with E-state index in [1.165, 1.54) is 24.0 Å². The third kappa shape index (κ3) is 13.8. The minimum atomic E-state index is -3.01. The number of amides is 4. The smallest absolute Gasteiger partial charge is 0.408 e. The molecule has 2 aromatic carbocycles. The van der Waals surface area contributed by atoms with Crippen LogP contribution in [0.4, 0.5) is 27.2 Å². The average molecular weight is 1410 g/mol. The van der Waals surface area contributed by atoms with Gasteiger partial charge in [0.15, 0.2) is 0 Å². The number of alkyl carbamates (subject to hydrolysis) is 2. The molecule has 2 aromatic heterocycles. The first-order valence-electron chi connectivity index (χ1n) is 33.7. The molecule has 26 heteroatoms. The molecule has 18 atom stereocenters. The first-order chi connectivity index (χ1) is 44.6. The van der Waals surface area contributed by atoms with Gasteiger partial charge in [-0.2, -0.15) is 0 Å². The first kappa shape index (κ1) is 72.8. The van der Waals surface area contributed by atoms with Crippen molar-refractivity contribution in [2.45, 2.75) is 218 Å². The molecule has 4 bridgehead atoms. The molecule has 7 fully saturated rings. The number of ether oxygens (including phenoxy) is 6. The molecule has 520 valence electrons. The zero-order valence-electron chi connectivity index (χ0n) is 56.4. The van der Waals surface area contributed by atoms with Crippen molar-refractivity contribution in [2.24, 2.45) is 58.2 Å². The minimum Gasteiger partial charge on any atom is -0.540 e. The zero-order valence-corrected chi connectivity index (χ0v) is 59.2. The van der Waals surface area contributed by atoms with E-state index in [0.717, 1.165) is 25.7 Å². The Hall–Kier alpha value is -5.97. The molecular weight excluding hydrogens is 1320 g/mol. The van der Waals surface area contributed by atoms with E-state index in [1.807, 2.05) is 74.9 Å². The van der Waals surface area contributed by atoms with E-state index in [-0.39, 0.29) is 97.7 Å². The predicted molar refractivity (Wildman–Crippen MR) is 336 cm³/mol. The van der Waals surface area contributed by atoms with Crippen LogP contribution in [-0.2, 0) is 65.8 Å². The number of fused-ring (bicyclic) bond motifs is 16. The summed E-state index contributed by atoms with van der Waals surface area (Å²) in [4.78, 5) is 102. The number of carbonyl (C=O) groups is 4. The van der Waals surface area contributed by atoms with Gasteiger partial charge in [0, 0.05) is 61.1 Å². The molecule has 13 rings (SSSR count). The standard InChI is InChI=1S/C35H43F2N4O6.C35H45F2N4O6.2V/c1-6-19-25(16-42)41-15-27(19)46-31-29(38-23-11-10-18(45-5)14-24(23)39-31)28-22(35(28,36)37)9-7-8-20-21-12-17(21)13-26(20)47-33(44)40-30(32(41)43)34(2,3)4;1-7-21-25(18-42)41-17-26(21)46-30-28(38-23-14-13-20(45-6)16-24(23)39-30)27-22(35(27,36)37)12-8-10-19-11-9-15-34(19,5)47-32(44)40-29(31(41)43)33(2,3)4;;/h10-11,14,17,19-22,25-28,30H,6-9,12-13,15H2,1-5H3,(H,40,44);13-14,16,19,21-22,25-27,29H,7-12,15,17H2,1-6H3,(H,40,44);;/q2*-1;;/t17?,19-,20+,21?,22?,25+,26+,27-,28?,30+;19-,21+,22?,25-,26+,27?,29-,34-;;/m01../s1. The number of carbonyl (C=O) groups excluding carboxylic acids is 6. The van der Waals surface area contributed by atoms with Gasteiger partial charge < -0.3 is 58.4 Å². The van der Waals surface area contributed by atoms with Crippen LogP contribution >= 0.6 is 0 Å². The van der Waals surface area contributed by atoms with Crippen LogP contribution in [0.3, 0.4) is 0 Å². The molecule has 20 nitrogen and oxygen atoms in total. The minimum absolute atomic E-state index is 0. The number of aromatic nitrogens is 4. The molecule has 6 unspecified atom stereocenters. The van der Waals surface area contributed by atoms with E-state index in [1.54, 1.807) is 36.4 Å². The molecule has 5 aliphatic carbocycles. The Morgan fingerprint density at radius 1 is 0.594 bits per heavy atom. The summed E-state index contributed by atoms with van der Waals surface area (Å²) in [6.45, 7) is 16.6. The Kier molecular flexibility index (Phi) is 20.9. The number of nitrogens with zero attached hydrogens (tertiary/aromatic N) is 6. The molecule has 4 aliphatic heterocycles. The topological polar surface area (TPSA) is 240 Å². The van der Waals surface area contributed by atoms with Gasteiger partial charge in [0.1, 0.15) is 58.9 Å². The number of nitrogens with one attached hydrogen (secondary N) is 2. The van der Waals surface area contributed by atoms with Gasteiger partial charge in [-0.05, 0) is 135 Å². The summed E-state index contributed by atoms with van der Waals surface area (Å²) in [6, 6.07) is 6.17. The van der Waals surface area contributed by atoms with Gasteiger partial charge in [-0.15, -0.1) is 0 Å². The normalized spacial score (nSPS) is 34.5. The number of methoxy groups -OCH3 is 2. The number of halogens is 4. The van der Waals surface area contributed by atoms with Crippen molar-refractivity contribution in [1.82, 2.24) is 40.4 Å². The van der Waals surface area contributed by atoms with Gasteiger partial charge in [-0.3, -0.25) is 9.59 Å². The van der Waals surface area contributed by atoms with Gasteiger partial charge in [-0.1, -0.05) is 93.2 Å². The fraction of sp³-hybridized carbons (Fsp3) is 0.686. The second-order valence-electron chi connectivity index (χ2n) is 30.2. The summed E-state index contributed by atoms with van der Waals surface area (Å²) in [5, 5.41) is 5.65. The maximum absolute atomic E-state index is 15.7. The maximum Gasteiger partial charge on any atom is 0.408 e. The number of hydrogen-bond donors (Lipinski definition) is 2. The van der Waals surface area contributed by atoms with Crippen LogP contribution in [0.15, 0.2) is 36.4 Å². The second-order valence-corrected chi connectivity index (χ2v) is 30.2.